The predicted molar refractivity (Wildman–Crippen MR) is 144 cm³/mol. The molecule has 7 rings (SSSR count). The maximum absolute atomic E-state index is 12.0. The summed E-state index contributed by atoms with van der Waals surface area (Å²) in [4.78, 5) is 0. The summed E-state index contributed by atoms with van der Waals surface area (Å²) in [7, 11) is 4.77. The second-order valence-corrected chi connectivity index (χ2v) is 10.6. The lowest BCUT2D eigenvalue weighted by Crippen LogP contribution is -2.39. The highest BCUT2D eigenvalue weighted by Crippen LogP contribution is 2.58. The van der Waals surface area contributed by atoms with Gasteiger partial charge in [-0.25, -0.2) is 0 Å². The lowest BCUT2D eigenvalue weighted by Gasteiger charge is -2.33. The van der Waals surface area contributed by atoms with Crippen molar-refractivity contribution in [1.82, 2.24) is 0 Å². The predicted octanol–water partition coefficient (Wildman–Crippen LogP) is 4.53. The molecule has 2 fully saturated rings. The van der Waals surface area contributed by atoms with Gasteiger partial charge in [0.2, 0.25) is 6.79 Å². The zero-order chi connectivity index (χ0) is 28.3. The van der Waals surface area contributed by atoms with E-state index < -0.39 is 17.8 Å². The zero-order valence-corrected chi connectivity index (χ0v) is 23.2. The van der Waals surface area contributed by atoms with Gasteiger partial charge in [-0.05, 0) is 37.3 Å². The summed E-state index contributed by atoms with van der Waals surface area (Å²) in [6.45, 7) is 2.50. The highest BCUT2D eigenvalue weighted by Gasteiger charge is 2.61. The van der Waals surface area contributed by atoms with E-state index in [1.807, 2.05) is 55.5 Å². The van der Waals surface area contributed by atoms with E-state index in [0.29, 0.717) is 45.8 Å². The molecule has 0 radical (unpaired) electrons. The van der Waals surface area contributed by atoms with Crippen LogP contribution in [0.5, 0.6) is 40.2 Å². The fraction of sp³-hybridized carbons (Fsp3) is 0.419. The molecule has 10 heteroatoms. The van der Waals surface area contributed by atoms with Crippen molar-refractivity contribution in [3.05, 3.63) is 65.2 Å². The molecule has 10 nitrogen and oxygen atoms in total. The van der Waals surface area contributed by atoms with Gasteiger partial charge in [0, 0.05) is 23.1 Å². The van der Waals surface area contributed by atoms with Gasteiger partial charge in [-0.15, -0.1) is 0 Å². The van der Waals surface area contributed by atoms with Crippen LogP contribution < -0.4 is 33.2 Å². The molecule has 0 spiro atoms. The topological polar surface area (TPSA) is 103 Å². The molecule has 0 amide bonds. The molecule has 216 valence electrons. The van der Waals surface area contributed by atoms with E-state index in [2.05, 4.69) is 0 Å². The minimum Gasteiger partial charge on any atom is -0.496 e. The van der Waals surface area contributed by atoms with Crippen molar-refractivity contribution in [2.24, 2.45) is 5.92 Å². The van der Waals surface area contributed by atoms with Crippen LogP contribution in [-0.2, 0) is 9.47 Å². The maximum atomic E-state index is 12.0. The van der Waals surface area contributed by atoms with Crippen LogP contribution in [0.3, 0.4) is 0 Å². The minimum atomic E-state index is -1.32. The lowest BCUT2D eigenvalue weighted by atomic mass is 9.80. The van der Waals surface area contributed by atoms with Gasteiger partial charge < -0.3 is 47.7 Å². The summed E-state index contributed by atoms with van der Waals surface area (Å²) < 4.78 is 53.3. The van der Waals surface area contributed by atoms with Crippen LogP contribution in [0.2, 0.25) is 0 Å². The minimum absolute atomic E-state index is 0.0639. The van der Waals surface area contributed by atoms with Gasteiger partial charge in [-0.2, -0.15) is 0 Å². The van der Waals surface area contributed by atoms with E-state index in [1.54, 1.807) is 21.3 Å². The second-order valence-electron chi connectivity index (χ2n) is 10.6. The van der Waals surface area contributed by atoms with Crippen LogP contribution in [0.1, 0.15) is 41.9 Å². The third-order valence-corrected chi connectivity index (χ3v) is 8.45. The number of aliphatic hydroxyl groups is 1. The summed E-state index contributed by atoms with van der Waals surface area (Å²) in [5, 5.41) is 12.0. The Morgan fingerprint density at radius 2 is 1.51 bits per heavy atom. The van der Waals surface area contributed by atoms with Gasteiger partial charge >= 0.3 is 0 Å². The van der Waals surface area contributed by atoms with Gasteiger partial charge in [0.25, 0.3) is 0 Å². The first kappa shape index (κ1) is 26.1. The first-order valence-electron chi connectivity index (χ1n) is 13.6. The highest BCUT2D eigenvalue weighted by molar-refractivity contribution is 5.55. The van der Waals surface area contributed by atoms with E-state index in [4.69, 9.17) is 42.6 Å². The highest BCUT2D eigenvalue weighted by atomic mass is 16.7. The van der Waals surface area contributed by atoms with E-state index >= 15 is 0 Å². The lowest BCUT2D eigenvalue weighted by molar-refractivity contribution is -0.0643. The van der Waals surface area contributed by atoms with Crippen LogP contribution in [0.4, 0.5) is 0 Å². The Labute approximate surface area is 237 Å². The van der Waals surface area contributed by atoms with Crippen molar-refractivity contribution >= 4 is 0 Å². The van der Waals surface area contributed by atoms with E-state index in [0.717, 1.165) is 11.1 Å². The fourth-order valence-corrected chi connectivity index (χ4v) is 6.40. The molecule has 6 atom stereocenters. The molecule has 3 aromatic rings. The molecule has 0 aromatic heterocycles. The van der Waals surface area contributed by atoms with Gasteiger partial charge in [0.1, 0.15) is 35.1 Å². The van der Waals surface area contributed by atoms with Crippen molar-refractivity contribution in [3.8, 4) is 40.2 Å². The maximum Gasteiger partial charge on any atom is 0.231 e. The van der Waals surface area contributed by atoms with Gasteiger partial charge in [0.05, 0.1) is 46.2 Å². The Morgan fingerprint density at radius 1 is 0.780 bits per heavy atom. The summed E-state index contributed by atoms with van der Waals surface area (Å²) in [5.74, 6) is 3.88. The molecule has 41 heavy (non-hydrogen) atoms. The monoisotopic (exact) mass is 564 g/mol. The molecule has 4 heterocycles. The number of ether oxygens (including phenoxy) is 9. The average molecular weight is 565 g/mol. The smallest absolute Gasteiger partial charge is 0.231 e. The third-order valence-electron chi connectivity index (χ3n) is 8.45. The van der Waals surface area contributed by atoms with Crippen LogP contribution in [-0.4, -0.2) is 58.1 Å². The molecule has 0 bridgehead atoms. The molecule has 0 aliphatic carbocycles. The standard InChI is InChI=1S/C31H32O10/c1-16-28(17-8-9-20-24(10-17)39-15-38-20)41-26-12-23(35-4)18(11-25(26)40-16)29-19-13-36-30(31(19,32)14-37-29)27-21(33-2)6-5-7-22(27)34-3/h5-12,16,19,28-30,32H,13-15H2,1-4H3/t16-,19+,28+,29-,30-,31+/m1/s1. The van der Waals surface area contributed by atoms with Crippen LogP contribution in [0.25, 0.3) is 0 Å². The molecule has 4 aliphatic heterocycles. The Bertz CT molecular complexity index is 1450. The van der Waals surface area contributed by atoms with Crippen molar-refractivity contribution in [1.29, 1.82) is 0 Å². The average Bonchev–Trinajstić information content (AvgIpc) is 3.68. The summed E-state index contributed by atoms with van der Waals surface area (Å²) >= 11 is 0. The Hall–Kier alpha value is -3.86. The van der Waals surface area contributed by atoms with Crippen molar-refractivity contribution in [2.75, 3.05) is 41.3 Å². The van der Waals surface area contributed by atoms with Crippen molar-refractivity contribution in [3.63, 3.8) is 0 Å². The van der Waals surface area contributed by atoms with E-state index in [9.17, 15) is 5.11 Å². The molecule has 1 N–H and O–H groups in total. The molecular formula is C31H32O10. The zero-order valence-electron chi connectivity index (χ0n) is 23.2. The largest absolute Gasteiger partial charge is 0.496 e. The molecule has 0 saturated carbocycles. The molecular weight excluding hydrogens is 532 g/mol. The van der Waals surface area contributed by atoms with Crippen LogP contribution in [0, 0.1) is 5.92 Å². The quantitative estimate of drug-likeness (QED) is 0.459. The van der Waals surface area contributed by atoms with Crippen molar-refractivity contribution in [2.45, 2.75) is 36.9 Å². The Morgan fingerprint density at radius 3 is 2.27 bits per heavy atom. The van der Waals surface area contributed by atoms with E-state index in [1.165, 1.54) is 0 Å². The number of fused-ring (bicyclic) bond motifs is 3. The summed E-state index contributed by atoms with van der Waals surface area (Å²) in [5.41, 5.74) is 1.01. The molecule has 0 unspecified atom stereocenters. The summed E-state index contributed by atoms with van der Waals surface area (Å²) in [6, 6.07) is 14.9. The first-order valence-corrected chi connectivity index (χ1v) is 13.6. The van der Waals surface area contributed by atoms with Gasteiger partial charge in [0.15, 0.2) is 29.1 Å². The second kappa shape index (κ2) is 9.90. The number of hydrogen-bond acceptors (Lipinski definition) is 10. The Kier molecular flexibility index (Phi) is 6.29. The van der Waals surface area contributed by atoms with Crippen LogP contribution >= 0.6 is 0 Å². The molecule has 2 saturated heterocycles. The molecule has 3 aromatic carbocycles. The van der Waals surface area contributed by atoms with Gasteiger partial charge in [-0.3, -0.25) is 0 Å². The summed E-state index contributed by atoms with van der Waals surface area (Å²) in [6.07, 6.45) is -1.85. The Balaban J connectivity index is 1.19. The first-order chi connectivity index (χ1) is 19.9. The number of rotatable bonds is 6. The third kappa shape index (κ3) is 4.04. The van der Waals surface area contributed by atoms with Crippen LogP contribution in [0.15, 0.2) is 48.5 Å². The number of benzene rings is 3. The van der Waals surface area contributed by atoms with Gasteiger partial charge in [-0.1, -0.05) is 12.1 Å². The number of methoxy groups -OCH3 is 3. The van der Waals surface area contributed by atoms with E-state index in [-0.39, 0.29) is 38.1 Å². The number of hydrogen-bond donors (Lipinski definition) is 1. The fourth-order valence-electron chi connectivity index (χ4n) is 6.40. The normalized spacial score (nSPS) is 29.2. The van der Waals surface area contributed by atoms with Crippen molar-refractivity contribution < 1.29 is 47.7 Å². The SMILES string of the molecule is COc1cc2c(cc1[C@H]1OC[C@@]3(O)[C@@H](c4c(OC)cccc4OC)OC[C@@H]13)O[C@H](C)[C@@H](c1ccc3c(c1)OCO3)O2. The molecule has 4 aliphatic rings.